The third-order valence-electron chi connectivity index (χ3n) is 3.93. The van der Waals surface area contributed by atoms with Crippen molar-refractivity contribution in [3.63, 3.8) is 0 Å². The zero-order valence-corrected chi connectivity index (χ0v) is 14.6. The lowest BCUT2D eigenvalue weighted by atomic mass is 10.2. The van der Waals surface area contributed by atoms with Gasteiger partial charge in [0.25, 0.3) is 5.91 Å². The molecule has 136 valence electrons. The van der Waals surface area contributed by atoms with E-state index < -0.39 is 0 Å². The van der Waals surface area contributed by atoms with Crippen LogP contribution >= 0.6 is 0 Å². The zero-order chi connectivity index (χ0) is 18.5. The molecule has 1 aromatic carbocycles. The van der Waals surface area contributed by atoms with E-state index in [0.717, 1.165) is 0 Å². The normalized spacial score (nSPS) is 10.7. The van der Waals surface area contributed by atoms with E-state index in [1.165, 1.54) is 23.3 Å². The second-order valence-corrected chi connectivity index (χ2v) is 5.65. The Morgan fingerprint density at radius 1 is 1.15 bits per heavy atom. The number of benzene rings is 1. The average molecular weight is 356 g/mol. The molecule has 0 saturated heterocycles. The summed E-state index contributed by atoms with van der Waals surface area (Å²) in [6, 6.07) is 10.4. The molecule has 0 unspecified atom stereocenters. The van der Waals surface area contributed by atoms with Gasteiger partial charge in [-0.25, -0.2) is 9.48 Å². The topological polar surface area (TPSA) is 86.9 Å². The van der Waals surface area contributed by atoms with E-state index in [2.05, 4.69) is 10.4 Å². The van der Waals surface area contributed by atoms with Gasteiger partial charge in [0.1, 0.15) is 11.5 Å². The molecule has 26 heavy (non-hydrogen) atoms. The molecule has 0 radical (unpaired) electrons. The summed E-state index contributed by atoms with van der Waals surface area (Å²) in [5.74, 6) is 0.862. The summed E-state index contributed by atoms with van der Waals surface area (Å²) in [5, 5.41) is 7.08. The van der Waals surface area contributed by atoms with Crippen LogP contribution in [0.1, 0.15) is 16.8 Å². The summed E-state index contributed by atoms with van der Waals surface area (Å²) in [6.45, 7) is 0.834. The van der Waals surface area contributed by atoms with Crippen molar-refractivity contribution < 1.29 is 14.3 Å². The lowest BCUT2D eigenvalue weighted by molar-refractivity contribution is 0.0952. The number of fused-ring (bicyclic) bond motifs is 1. The predicted octanol–water partition coefficient (Wildman–Crippen LogP) is 1.33. The molecule has 1 amide bonds. The van der Waals surface area contributed by atoms with E-state index in [9.17, 15) is 9.59 Å². The van der Waals surface area contributed by atoms with Crippen molar-refractivity contribution in [3.05, 3.63) is 58.6 Å². The molecule has 8 nitrogen and oxygen atoms in total. The number of aryl methyl sites for hydroxylation is 1. The molecule has 8 heteroatoms. The number of carbonyl (C=O) groups is 1. The van der Waals surface area contributed by atoms with Crippen LogP contribution in [0.15, 0.2) is 47.4 Å². The molecule has 0 aliphatic carbocycles. The smallest absolute Gasteiger partial charge is 0.350 e. The molecule has 0 saturated carbocycles. The first-order chi connectivity index (χ1) is 12.6. The Labute approximate surface area is 150 Å². The van der Waals surface area contributed by atoms with Crippen LogP contribution in [0.25, 0.3) is 5.65 Å². The minimum atomic E-state index is -0.232. The molecule has 0 spiro atoms. The summed E-state index contributed by atoms with van der Waals surface area (Å²) in [7, 11) is 3.06. The van der Waals surface area contributed by atoms with Crippen LogP contribution in [0, 0.1) is 0 Å². The number of hydrogen-bond donors (Lipinski definition) is 1. The highest BCUT2D eigenvalue weighted by atomic mass is 16.5. The van der Waals surface area contributed by atoms with Crippen LogP contribution in [0.4, 0.5) is 0 Å². The molecule has 3 aromatic rings. The molecule has 0 bridgehead atoms. The monoisotopic (exact) mass is 356 g/mol. The Morgan fingerprint density at radius 3 is 2.54 bits per heavy atom. The molecule has 3 rings (SSSR count). The van der Waals surface area contributed by atoms with Gasteiger partial charge in [-0.3, -0.25) is 9.20 Å². The van der Waals surface area contributed by atoms with Gasteiger partial charge in [0, 0.05) is 30.9 Å². The number of nitrogens with one attached hydrogen (secondary N) is 1. The SMILES string of the molecule is COc1cc(OC)cc(C(=O)NCCCn2nc3ccccn3c2=O)c1. The number of pyridine rings is 1. The standard InChI is InChI=1S/C18H20N4O4/c1-25-14-10-13(11-15(12-14)26-2)17(23)19-7-5-9-22-18(24)21-8-4-3-6-16(21)20-22/h3-4,6,8,10-12H,5,7,9H2,1-2H3,(H,19,23). The number of aromatic nitrogens is 3. The summed E-state index contributed by atoms with van der Waals surface area (Å²) >= 11 is 0. The molecular formula is C18H20N4O4. The van der Waals surface area contributed by atoms with Crippen LogP contribution in [0.2, 0.25) is 0 Å². The molecule has 0 aliphatic rings. The van der Waals surface area contributed by atoms with Crippen LogP contribution in [-0.4, -0.2) is 40.9 Å². The summed E-state index contributed by atoms with van der Waals surface area (Å²) in [5.41, 5.74) is 0.862. The quantitative estimate of drug-likeness (QED) is 0.646. The molecule has 1 N–H and O–H groups in total. The maximum Gasteiger partial charge on any atom is 0.350 e. The van der Waals surface area contributed by atoms with Crippen molar-refractivity contribution in [2.24, 2.45) is 0 Å². The molecule has 0 aliphatic heterocycles. The highest BCUT2D eigenvalue weighted by Gasteiger charge is 2.10. The van der Waals surface area contributed by atoms with Crippen molar-refractivity contribution in [2.45, 2.75) is 13.0 Å². The van der Waals surface area contributed by atoms with Crippen molar-refractivity contribution in [1.82, 2.24) is 19.5 Å². The van der Waals surface area contributed by atoms with Gasteiger partial charge in [0.2, 0.25) is 0 Å². The maximum absolute atomic E-state index is 12.3. The lowest BCUT2D eigenvalue weighted by Gasteiger charge is -2.09. The van der Waals surface area contributed by atoms with Crippen LogP contribution < -0.4 is 20.5 Å². The van der Waals surface area contributed by atoms with Crippen LogP contribution in [0.3, 0.4) is 0 Å². The number of amides is 1. The largest absolute Gasteiger partial charge is 0.497 e. The number of rotatable bonds is 7. The second kappa shape index (κ2) is 7.73. The van der Waals surface area contributed by atoms with E-state index in [0.29, 0.717) is 42.2 Å². The molecule has 0 atom stereocenters. The first-order valence-corrected chi connectivity index (χ1v) is 8.18. The highest BCUT2D eigenvalue weighted by molar-refractivity contribution is 5.95. The highest BCUT2D eigenvalue weighted by Crippen LogP contribution is 2.22. The molecule has 2 aromatic heterocycles. The third kappa shape index (κ3) is 3.69. The Balaban J connectivity index is 1.58. The lowest BCUT2D eigenvalue weighted by Crippen LogP contribution is -2.27. The minimum Gasteiger partial charge on any atom is -0.497 e. The number of ether oxygens (including phenoxy) is 2. The van der Waals surface area contributed by atoms with Gasteiger partial charge in [-0.1, -0.05) is 6.07 Å². The summed E-state index contributed by atoms with van der Waals surface area (Å²) < 4.78 is 13.2. The fourth-order valence-corrected chi connectivity index (χ4v) is 2.59. The minimum absolute atomic E-state index is 0.190. The fourth-order valence-electron chi connectivity index (χ4n) is 2.59. The van der Waals surface area contributed by atoms with Crippen LogP contribution in [-0.2, 0) is 6.54 Å². The Kier molecular flexibility index (Phi) is 5.21. The van der Waals surface area contributed by atoms with Crippen molar-refractivity contribution in [3.8, 4) is 11.5 Å². The molecule has 2 heterocycles. The first-order valence-electron chi connectivity index (χ1n) is 8.18. The molecule has 0 fully saturated rings. The van der Waals surface area contributed by atoms with Crippen molar-refractivity contribution in [2.75, 3.05) is 20.8 Å². The van der Waals surface area contributed by atoms with Crippen molar-refractivity contribution in [1.29, 1.82) is 0 Å². The maximum atomic E-state index is 12.3. The Bertz CT molecular complexity index is 954. The van der Waals surface area contributed by atoms with E-state index in [4.69, 9.17) is 9.47 Å². The summed E-state index contributed by atoms with van der Waals surface area (Å²) in [6.07, 6.45) is 2.26. The molecular weight excluding hydrogens is 336 g/mol. The second-order valence-electron chi connectivity index (χ2n) is 5.65. The number of methoxy groups -OCH3 is 2. The average Bonchev–Trinajstić information content (AvgIpc) is 3.00. The van der Waals surface area contributed by atoms with E-state index >= 15 is 0 Å². The number of carbonyl (C=O) groups excluding carboxylic acids is 1. The Hall–Kier alpha value is -3.29. The van der Waals surface area contributed by atoms with E-state index in [1.807, 2.05) is 6.07 Å². The van der Waals surface area contributed by atoms with Crippen molar-refractivity contribution >= 4 is 11.6 Å². The van der Waals surface area contributed by atoms with Crippen LogP contribution in [0.5, 0.6) is 11.5 Å². The number of nitrogens with zero attached hydrogens (tertiary/aromatic N) is 3. The van der Waals surface area contributed by atoms with E-state index in [-0.39, 0.29) is 11.6 Å². The number of hydrogen-bond acceptors (Lipinski definition) is 5. The van der Waals surface area contributed by atoms with Gasteiger partial charge in [0.15, 0.2) is 5.65 Å². The van der Waals surface area contributed by atoms with Gasteiger partial charge in [0.05, 0.1) is 14.2 Å². The Morgan fingerprint density at radius 2 is 1.88 bits per heavy atom. The van der Waals surface area contributed by atoms with E-state index in [1.54, 1.807) is 36.5 Å². The summed E-state index contributed by atoms with van der Waals surface area (Å²) in [4.78, 5) is 24.5. The van der Waals surface area contributed by atoms with Gasteiger partial charge in [-0.2, -0.15) is 0 Å². The van der Waals surface area contributed by atoms with Gasteiger partial charge >= 0.3 is 5.69 Å². The fraction of sp³-hybridized carbons (Fsp3) is 0.278. The van der Waals surface area contributed by atoms with Gasteiger partial charge in [-0.05, 0) is 30.7 Å². The van der Waals surface area contributed by atoms with Gasteiger partial charge in [-0.15, -0.1) is 5.10 Å². The first kappa shape index (κ1) is 17.5. The zero-order valence-electron chi connectivity index (χ0n) is 14.6. The van der Waals surface area contributed by atoms with Gasteiger partial charge < -0.3 is 14.8 Å². The third-order valence-corrected chi connectivity index (χ3v) is 3.93. The predicted molar refractivity (Wildman–Crippen MR) is 95.9 cm³/mol.